The van der Waals surface area contributed by atoms with Crippen molar-refractivity contribution in [1.29, 1.82) is 0 Å². The fraction of sp³-hybridized carbons (Fsp3) is 0.765. The Labute approximate surface area is 133 Å². The van der Waals surface area contributed by atoms with Gasteiger partial charge in [-0.25, -0.2) is 9.97 Å². The summed E-state index contributed by atoms with van der Waals surface area (Å²) in [4.78, 5) is 9.25. The minimum Gasteiger partial charge on any atom is -0.370 e. The molecule has 2 rings (SSSR count). The minimum atomic E-state index is -0.0370. The molecule has 1 aromatic heterocycles. The van der Waals surface area contributed by atoms with Crippen LogP contribution in [0.5, 0.6) is 0 Å². The summed E-state index contributed by atoms with van der Waals surface area (Å²) < 4.78 is 6.01. The molecule has 0 radical (unpaired) electrons. The maximum Gasteiger partial charge on any atom is 0.159 e. The SMILES string of the molecule is CCOC(c1nc(Cl)cc(C(C)(C)C)n1)C1CCCCC1. The molecule has 1 heterocycles. The van der Waals surface area contributed by atoms with Gasteiger partial charge in [0.1, 0.15) is 11.3 Å². The summed E-state index contributed by atoms with van der Waals surface area (Å²) in [6, 6.07) is 1.87. The van der Waals surface area contributed by atoms with Crippen LogP contribution in [-0.2, 0) is 10.2 Å². The van der Waals surface area contributed by atoms with Crippen molar-refractivity contribution >= 4 is 11.6 Å². The molecule has 0 amide bonds. The van der Waals surface area contributed by atoms with Gasteiger partial charge in [-0.1, -0.05) is 51.6 Å². The highest BCUT2D eigenvalue weighted by Crippen LogP contribution is 2.36. The molecule has 118 valence electrons. The summed E-state index contributed by atoms with van der Waals surface area (Å²) in [6.07, 6.45) is 6.27. The molecular formula is C17H27ClN2O. The Morgan fingerprint density at radius 1 is 1.24 bits per heavy atom. The van der Waals surface area contributed by atoms with Gasteiger partial charge in [0.15, 0.2) is 5.82 Å². The maximum atomic E-state index is 6.23. The molecule has 21 heavy (non-hydrogen) atoms. The first-order chi connectivity index (χ1) is 9.91. The third-order valence-electron chi connectivity index (χ3n) is 4.16. The van der Waals surface area contributed by atoms with Crippen LogP contribution in [-0.4, -0.2) is 16.6 Å². The highest BCUT2D eigenvalue weighted by Gasteiger charge is 2.29. The number of hydrogen-bond acceptors (Lipinski definition) is 3. The van der Waals surface area contributed by atoms with Crippen molar-refractivity contribution in [3.05, 3.63) is 22.7 Å². The standard InChI is InChI=1S/C17H27ClN2O/c1-5-21-15(12-9-7-6-8-10-12)16-19-13(17(2,3)4)11-14(18)20-16/h11-12,15H,5-10H2,1-4H3. The summed E-state index contributed by atoms with van der Waals surface area (Å²) in [7, 11) is 0. The molecule has 1 unspecified atom stereocenters. The smallest absolute Gasteiger partial charge is 0.159 e. The Morgan fingerprint density at radius 3 is 2.48 bits per heavy atom. The van der Waals surface area contributed by atoms with E-state index in [0.717, 1.165) is 11.5 Å². The first kappa shape index (κ1) is 16.7. The lowest BCUT2D eigenvalue weighted by molar-refractivity contribution is -0.000417. The van der Waals surface area contributed by atoms with Crippen LogP contribution in [0.3, 0.4) is 0 Å². The van der Waals surface area contributed by atoms with E-state index >= 15 is 0 Å². The summed E-state index contributed by atoms with van der Waals surface area (Å²) in [5.74, 6) is 1.28. The Bertz CT molecular complexity index is 464. The van der Waals surface area contributed by atoms with Crippen molar-refractivity contribution in [1.82, 2.24) is 9.97 Å². The molecule has 0 bridgehead atoms. The third kappa shape index (κ3) is 4.40. The first-order valence-electron chi connectivity index (χ1n) is 8.08. The second kappa shape index (κ2) is 7.06. The van der Waals surface area contributed by atoms with Crippen LogP contribution in [0.15, 0.2) is 6.07 Å². The zero-order chi connectivity index (χ0) is 15.5. The summed E-state index contributed by atoms with van der Waals surface area (Å²) in [6.45, 7) is 9.15. The van der Waals surface area contributed by atoms with E-state index in [-0.39, 0.29) is 11.5 Å². The molecular weight excluding hydrogens is 284 g/mol. The van der Waals surface area contributed by atoms with Gasteiger partial charge in [-0.2, -0.15) is 0 Å². The lowest BCUT2D eigenvalue weighted by Gasteiger charge is -2.30. The quantitative estimate of drug-likeness (QED) is 0.727. The zero-order valence-electron chi connectivity index (χ0n) is 13.7. The van der Waals surface area contributed by atoms with E-state index in [1.165, 1.54) is 32.1 Å². The molecule has 0 aliphatic heterocycles. The van der Waals surface area contributed by atoms with Gasteiger partial charge in [0.2, 0.25) is 0 Å². The second-order valence-electron chi connectivity index (χ2n) is 6.96. The topological polar surface area (TPSA) is 35.0 Å². The monoisotopic (exact) mass is 310 g/mol. The Balaban J connectivity index is 2.32. The van der Waals surface area contributed by atoms with Gasteiger partial charge >= 0.3 is 0 Å². The maximum absolute atomic E-state index is 6.23. The van der Waals surface area contributed by atoms with Gasteiger partial charge in [0, 0.05) is 12.0 Å². The first-order valence-corrected chi connectivity index (χ1v) is 8.46. The molecule has 1 aromatic rings. The number of nitrogens with zero attached hydrogens (tertiary/aromatic N) is 2. The molecule has 1 atom stereocenters. The highest BCUT2D eigenvalue weighted by atomic mass is 35.5. The van der Waals surface area contributed by atoms with E-state index in [9.17, 15) is 0 Å². The third-order valence-corrected chi connectivity index (χ3v) is 4.35. The average Bonchev–Trinajstić information content (AvgIpc) is 2.44. The van der Waals surface area contributed by atoms with E-state index in [1.54, 1.807) is 0 Å². The highest BCUT2D eigenvalue weighted by molar-refractivity contribution is 6.29. The van der Waals surface area contributed by atoms with Crippen molar-refractivity contribution in [3.8, 4) is 0 Å². The van der Waals surface area contributed by atoms with Crippen molar-refractivity contribution in [2.24, 2.45) is 5.92 Å². The molecule has 3 nitrogen and oxygen atoms in total. The van der Waals surface area contributed by atoms with Crippen LogP contribution in [0.4, 0.5) is 0 Å². The van der Waals surface area contributed by atoms with Gasteiger partial charge in [-0.05, 0) is 31.7 Å². The number of halogens is 1. The molecule has 4 heteroatoms. The predicted molar refractivity (Wildman–Crippen MR) is 86.7 cm³/mol. The Hall–Kier alpha value is -0.670. The summed E-state index contributed by atoms with van der Waals surface area (Å²) >= 11 is 6.23. The van der Waals surface area contributed by atoms with Gasteiger partial charge in [0.25, 0.3) is 0 Å². The number of rotatable bonds is 4. The minimum absolute atomic E-state index is 0.0184. The van der Waals surface area contributed by atoms with Crippen LogP contribution in [0, 0.1) is 5.92 Å². The van der Waals surface area contributed by atoms with E-state index in [4.69, 9.17) is 21.3 Å². The van der Waals surface area contributed by atoms with Crippen LogP contribution in [0.25, 0.3) is 0 Å². The molecule has 0 saturated heterocycles. The van der Waals surface area contributed by atoms with E-state index in [2.05, 4.69) is 25.8 Å². The molecule has 0 spiro atoms. The second-order valence-corrected chi connectivity index (χ2v) is 7.35. The molecule has 1 aliphatic carbocycles. The lowest BCUT2D eigenvalue weighted by Crippen LogP contribution is -2.23. The van der Waals surface area contributed by atoms with Gasteiger partial charge in [0.05, 0.1) is 5.69 Å². The summed E-state index contributed by atoms with van der Waals surface area (Å²) in [5, 5.41) is 0.519. The zero-order valence-corrected chi connectivity index (χ0v) is 14.4. The van der Waals surface area contributed by atoms with Crippen molar-refractivity contribution in [2.75, 3.05) is 6.61 Å². The molecule has 1 fully saturated rings. The van der Waals surface area contributed by atoms with Gasteiger partial charge in [-0.3, -0.25) is 0 Å². The average molecular weight is 311 g/mol. The Morgan fingerprint density at radius 2 is 1.90 bits per heavy atom. The molecule has 1 saturated carbocycles. The fourth-order valence-corrected chi connectivity index (χ4v) is 3.17. The van der Waals surface area contributed by atoms with E-state index in [1.807, 2.05) is 13.0 Å². The van der Waals surface area contributed by atoms with Crippen molar-refractivity contribution in [3.63, 3.8) is 0 Å². The number of aromatic nitrogens is 2. The van der Waals surface area contributed by atoms with Gasteiger partial charge in [-0.15, -0.1) is 0 Å². The van der Waals surface area contributed by atoms with Crippen LogP contribution >= 0.6 is 11.6 Å². The largest absolute Gasteiger partial charge is 0.370 e. The summed E-state index contributed by atoms with van der Waals surface area (Å²) in [5.41, 5.74) is 0.947. The predicted octanol–water partition coefficient (Wildman–Crippen LogP) is 5.09. The lowest BCUT2D eigenvalue weighted by atomic mass is 9.84. The molecule has 0 N–H and O–H groups in total. The van der Waals surface area contributed by atoms with E-state index in [0.29, 0.717) is 17.7 Å². The normalized spacial score (nSPS) is 18.7. The number of hydrogen-bond donors (Lipinski definition) is 0. The van der Waals surface area contributed by atoms with E-state index < -0.39 is 0 Å². The fourth-order valence-electron chi connectivity index (χ4n) is 2.98. The van der Waals surface area contributed by atoms with Crippen LogP contribution < -0.4 is 0 Å². The van der Waals surface area contributed by atoms with Crippen LogP contribution in [0.2, 0.25) is 5.15 Å². The van der Waals surface area contributed by atoms with Crippen molar-refractivity contribution < 1.29 is 4.74 Å². The number of ether oxygens (including phenoxy) is 1. The van der Waals surface area contributed by atoms with Crippen LogP contribution in [0.1, 0.15) is 77.4 Å². The molecule has 1 aliphatic rings. The Kier molecular flexibility index (Phi) is 5.61. The molecule has 0 aromatic carbocycles. The van der Waals surface area contributed by atoms with Gasteiger partial charge < -0.3 is 4.74 Å². The van der Waals surface area contributed by atoms with Crippen molar-refractivity contribution in [2.45, 2.75) is 71.3 Å².